The van der Waals surface area contributed by atoms with Crippen LogP contribution in [0, 0.1) is 0 Å². The zero-order chi connectivity index (χ0) is 9.42. The largest absolute Gasteiger partial charge is 0.296 e. The number of nitrogens with zero attached hydrogens (tertiary/aromatic N) is 2. The summed E-state index contributed by atoms with van der Waals surface area (Å²) in [6, 6.07) is 3.48. The molecule has 0 aromatic carbocycles. The highest BCUT2D eigenvalue weighted by atomic mass is 79.9. The van der Waals surface area contributed by atoms with Crippen molar-refractivity contribution in [3.8, 4) is 0 Å². The molecule has 5 heteroatoms. The summed E-state index contributed by atoms with van der Waals surface area (Å²) in [5.74, 6) is 0. The molecule has 0 spiro atoms. The fourth-order valence-corrected chi connectivity index (χ4v) is 1.71. The van der Waals surface area contributed by atoms with Crippen LogP contribution in [0.25, 0.3) is 5.65 Å². The summed E-state index contributed by atoms with van der Waals surface area (Å²) in [5, 5.41) is 0.600. The third kappa shape index (κ3) is 1.36. The van der Waals surface area contributed by atoms with E-state index in [0.29, 0.717) is 27.3 Å². The van der Waals surface area contributed by atoms with E-state index in [1.54, 1.807) is 22.7 Å². The first kappa shape index (κ1) is 8.72. The van der Waals surface area contributed by atoms with Gasteiger partial charge in [-0.2, -0.15) is 0 Å². The van der Waals surface area contributed by atoms with Gasteiger partial charge in [-0.25, -0.2) is 4.98 Å². The van der Waals surface area contributed by atoms with Crippen molar-refractivity contribution < 1.29 is 4.79 Å². The molecular formula is C8H4BrClN2O. The second-order valence-corrected chi connectivity index (χ2v) is 3.67. The average molecular weight is 259 g/mol. The number of hydrogen-bond acceptors (Lipinski definition) is 2. The summed E-state index contributed by atoms with van der Waals surface area (Å²) in [5.41, 5.74) is 1.07. The van der Waals surface area contributed by atoms with Gasteiger partial charge in [0.05, 0.1) is 5.02 Å². The molecule has 0 fully saturated rings. The minimum absolute atomic E-state index is 0.377. The summed E-state index contributed by atoms with van der Waals surface area (Å²) in [6.45, 7) is 0. The van der Waals surface area contributed by atoms with Gasteiger partial charge in [0.25, 0.3) is 0 Å². The standard InChI is InChI=1S/C8H4BrClN2O/c9-8-6(4-13)11-7-2-1-5(10)3-12(7)8/h1-4H. The van der Waals surface area contributed by atoms with Crippen LogP contribution in [0.3, 0.4) is 0 Å². The maximum absolute atomic E-state index is 10.5. The van der Waals surface area contributed by atoms with Gasteiger partial charge in [0, 0.05) is 6.20 Å². The predicted octanol–water partition coefficient (Wildman–Crippen LogP) is 2.56. The van der Waals surface area contributed by atoms with Gasteiger partial charge < -0.3 is 0 Å². The Morgan fingerprint density at radius 3 is 3.00 bits per heavy atom. The summed E-state index contributed by atoms with van der Waals surface area (Å²) in [7, 11) is 0. The number of pyridine rings is 1. The van der Waals surface area contributed by atoms with Gasteiger partial charge in [0.1, 0.15) is 15.9 Å². The third-order valence-electron chi connectivity index (χ3n) is 1.66. The lowest BCUT2D eigenvalue weighted by Gasteiger charge is -1.94. The molecule has 0 saturated heterocycles. The number of rotatable bonds is 1. The number of imidazole rings is 1. The Labute approximate surface area is 87.5 Å². The van der Waals surface area contributed by atoms with Crippen molar-refractivity contribution >= 4 is 39.5 Å². The molecule has 2 rings (SSSR count). The molecule has 2 aromatic heterocycles. The van der Waals surface area contributed by atoms with Crippen molar-refractivity contribution in [3.05, 3.63) is 33.6 Å². The molecular weight excluding hydrogens is 255 g/mol. The van der Waals surface area contributed by atoms with Crippen LogP contribution in [-0.2, 0) is 0 Å². The van der Waals surface area contributed by atoms with E-state index in [4.69, 9.17) is 11.6 Å². The van der Waals surface area contributed by atoms with Gasteiger partial charge in [0.15, 0.2) is 6.29 Å². The highest BCUT2D eigenvalue weighted by molar-refractivity contribution is 9.10. The Morgan fingerprint density at radius 1 is 1.54 bits per heavy atom. The first-order valence-electron chi connectivity index (χ1n) is 3.50. The second kappa shape index (κ2) is 3.12. The molecule has 0 atom stereocenters. The van der Waals surface area contributed by atoms with Crippen LogP contribution in [-0.4, -0.2) is 15.7 Å². The Balaban J connectivity index is 2.84. The maximum atomic E-state index is 10.5. The Hall–Kier alpha value is -0.870. The van der Waals surface area contributed by atoms with Crippen LogP contribution in [0.1, 0.15) is 10.5 Å². The molecule has 13 heavy (non-hydrogen) atoms. The van der Waals surface area contributed by atoms with Crippen molar-refractivity contribution in [3.63, 3.8) is 0 Å². The van der Waals surface area contributed by atoms with Crippen molar-refractivity contribution in [2.24, 2.45) is 0 Å². The SMILES string of the molecule is O=Cc1nc2ccc(Cl)cn2c1Br. The number of fused-ring (bicyclic) bond motifs is 1. The number of aldehydes is 1. The summed E-state index contributed by atoms with van der Waals surface area (Å²) in [4.78, 5) is 14.6. The zero-order valence-corrected chi connectivity index (χ0v) is 8.71. The lowest BCUT2D eigenvalue weighted by atomic mass is 10.5. The van der Waals surface area contributed by atoms with Crippen molar-refractivity contribution in [2.75, 3.05) is 0 Å². The molecule has 0 unspecified atom stereocenters. The van der Waals surface area contributed by atoms with Gasteiger partial charge in [0.2, 0.25) is 0 Å². The zero-order valence-electron chi connectivity index (χ0n) is 6.37. The topological polar surface area (TPSA) is 34.4 Å². The molecule has 3 nitrogen and oxygen atoms in total. The molecule has 0 N–H and O–H groups in total. The van der Waals surface area contributed by atoms with Gasteiger partial charge in [-0.3, -0.25) is 9.20 Å². The first-order chi connectivity index (χ1) is 6.22. The van der Waals surface area contributed by atoms with E-state index in [-0.39, 0.29) is 0 Å². The summed E-state index contributed by atoms with van der Waals surface area (Å²) >= 11 is 9.04. The Kier molecular flexibility index (Phi) is 2.09. The number of halogens is 2. The highest BCUT2D eigenvalue weighted by Crippen LogP contribution is 2.19. The van der Waals surface area contributed by atoms with E-state index in [2.05, 4.69) is 20.9 Å². The molecule has 0 amide bonds. The minimum atomic E-state index is 0.377. The molecule has 2 aromatic rings. The minimum Gasteiger partial charge on any atom is -0.296 e. The first-order valence-corrected chi connectivity index (χ1v) is 4.68. The van der Waals surface area contributed by atoms with E-state index in [1.807, 2.05) is 0 Å². The van der Waals surface area contributed by atoms with Gasteiger partial charge in [-0.1, -0.05) is 11.6 Å². The number of hydrogen-bond donors (Lipinski definition) is 0. The lowest BCUT2D eigenvalue weighted by Crippen LogP contribution is -1.83. The van der Waals surface area contributed by atoms with Crippen LogP contribution >= 0.6 is 27.5 Å². The smallest absolute Gasteiger partial charge is 0.171 e. The molecule has 0 aliphatic rings. The van der Waals surface area contributed by atoms with E-state index in [9.17, 15) is 4.79 Å². The monoisotopic (exact) mass is 258 g/mol. The maximum Gasteiger partial charge on any atom is 0.171 e. The normalized spacial score (nSPS) is 10.6. The molecule has 0 aliphatic carbocycles. The van der Waals surface area contributed by atoms with Gasteiger partial charge >= 0.3 is 0 Å². The molecule has 0 radical (unpaired) electrons. The summed E-state index contributed by atoms with van der Waals surface area (Å²) in [6.07, 6.45) is 2.39. The quantitative estimate of drug-likeness (QED) is 0.738. The number of carbonyl (C=O) groups is 1. The molecule has 0 aliphatic heterocycles. The van der Waals surface area contributed by atoms with Crippen molar-refractivity contribution in [1.82, 2.24) is 9.38 Å². The predicted molar refractivity (Wildman–Crippen MR) is 53.3 cm³/mol. The van der Waals surface area contributed by atoms with Crippen LogP contribution in [0.15, 0.2) is 22.9 Å². The van der Waals surface area contributed by atoms with E-state index < -0.39 is 0 Å². The highest BCUT2D eigenvalue weighted by Gasteiger charge is 2.07. The van der Waals surface area contributed by atoms with E-state index >= 15 is 0 Å². The Bertz CT molecular complexity index is 480. The fraction of sp³-hybridized carbons (Fsp3) is 0. The molecule has 66 valence electrons. The van der Waals surface area contributed by atoms with Crippen LogP contribution in [0.4, 0.5) is 0 Å². The van der Waals surface area contributed by atoms with Crippen LogP contribution in [0.2, 0.25) is 5.02 Å². The van der Waals surface area contributed by atoms with Crippen LogP contribution < -0.4 is 0 Å². The summed E-state index contributed by atoms with van der Waals surface area (Å²) < 4.78 is 2.34. The second-order valence-electron chi connectivity index (χ2n) is 2.48. The Morgan fingerprint density at radius 2 is 2.31 bits per heavy atom. The van der Waals surface area contributed by atoms with Gasteiger partial charge in [-0.15, -0.1) is 0 Å². The van der Waals surface area contributed by atoms with Gasteiger partial charge in [-0.05, 0) is 28.1 Å². The number of carbonyl (C=O) groups excluding carboxylic acids is 1. The lowest BCUT2D eigenvalue weighted by molar-refractivity contribution is 0.111. The average Bonchev–Trinajstić information content (AvgIpc) is 2.44. The third-order valence-corrected chi connectivity index (χ3v) is 2.67. The molecule has 0 saturated carbocycles. The fourth-order valence-electron chi connectivity index (χ4n) is 1.08. The van der Waals surface area contributed by atoms with Crippen LogP contribution in [0.5, 0.6) is 0 Å². The van der Waals surface area contributed by atoms with E-state index in [1.165, 1.54) is 0 Å². The van der Waals surface area contributed by atoms with Crippen molar-refractivity contribution in [1.29, 1.82) is 0 Å². The van der Waals surface area contributed by atoms with E-state index in [0.717, 1.165) is 0 Å². The number of aromatic nitrogens is 2. The molecule has 2 heterocycles. The molecule has 0 bridgehead atoms. The van der Waals surface area contributed by atoms with Crippen molar-refractivity contribution in [2.45, 2.75) is 0 Å².